The van der Waals surface area contributed by atoms with Crippen molar-refractivity contribution in [2.75, 3.05) is 52.5 Å². The van der Waals surface area contributed by atoms with Gasteiger partial charge in [-0.25, -0.2) is 17.6 Å². The second kappa shape index (κ2) is 30.5. The van der Waals surface area contributed by atoms with E-state index >= 15 is 0 Å². The van der Waals surface area contributed by atoms with Crippen molar-refractivity contribution in [1.29, 1.82) is 0 Å². The standard InChI is InChI=1S/C25H30F2N2O3.C22H26F2N2O2.C10H12O4S.Na.H/c1-4-6-28(7-5-2)24(30)19-8-17(3)9-20(12-19)25(31)29(15-23-16-32-23)14-18-10-21(26)13-22(27)11-18;1-4-6-26(7-5-2)22(28)18-9-15(3)8-17(12-18)21(27)25-14-16-10-19(23)13-20(24)11-16;1-8-2-4-10(5-3-8)15(11,12)14-7-9-6-13-9;;/h8-13,23H,4-7,14-16H2,1-3H3;8-13H,4-7,14H2,1-3H3,(H,25,27);2-5,9H,6-7H2,1H3;;/q;;;+1;-1/t23-;;;;/m0..../s1. The monoisotopic (exact) mass is 1080 g/mol. The first-order valence-corrected chi connectivity index (χ1v) is 26.6. The van der Waals surface area contributed by atoms with Gasteiger partial charge in [0.05, 0.1) is 30.8 Å². The molecule has 76 heavy (non-hydrogen) atoms. The summed E-state index contributed by atoms with van der Waals surface area (Å²) < 4.78 is 92.0. The molecule has 2 aliphatic heterocycles. The molecule has 7 rings (SSSR count). The first-order valence-electron chi connectivity index (χ1n) is 25.2. The molecule has 0 bridgehead atoms. The number of amides is 4. The molecule has 2 heterocycles. The largest absolute Gasteiger partial charge is 1.00 e. The summed E-state index contributed by atoms with van der Waals surface area (Å²) in [5.74, 6) is -3.68. The first kappa shape index (κ1) is 63.1. The minimum atomic E-state index is -3.61. The van der Waals surface area contributed by atoms with E-state index in [1.54, 1.807) is 70.5 Å². The third-order valence-electron chi connectivity index (χ3n) is 11.6. The minimum absolute atomic E-state index is 0. The van der Waals surface area contributed by atoms with Crippen molar-refractivity contribution in [3.05, 3.63) is 170 Å². The smallest absolute Gasteiger partial charge is 1.00 e. The van der Waals surface area contributed by atoms with E-state index in [0.717, 1.165) is 54.5 Å². The Kier molecular flexibility index (Phi) is 25.3. The Hall–Kier alpha value is -5.47. The minimum Gasteiger partial charge on any atom is -1.00 e. The number of aryl methyl sites for hydroxylation is 3. The average molecular weight is 1090 g/mol. The molecule has 1 N–H and O–H groups in total. The fourth-order valence-electron chi connectivity index (χ4n) is 7.99. The van der Waals surface area contributed by atoms with E-state index in [-0.39, 0.29) is 85.5 Å². The molecule has 0 saturated carbocycles. The van der Waals surface area contributed by atoms with Crippen LogP contribution in [0.5, 0.6) is 0 Å². The van der Waals surface area contributed by atoms with E-state index < -0.39 is 39.3 Å². The van der Waals surface area contributed by atoms with Gasteiger partial charge in [-0.05, 0) is 142 Å². The zero-order valence-electron chi connectivity index (χ0n) is 45.7. The van der Waals surface area contributed by atoms with Crippen LogP contribution in [0.4, 0.5) is 17.6 Å². The fraction of sp³-hybridized carbons (Fsp3) is 0.404. The Labute approximate surface area is 468 Å². The van der Waals surface area contributed by atoms with Gasteiger partial charge in [-0.15, -0.1) is 0 Å². The molecule has 0 aromatic heterocycles. The molecular weight excluding hydrogens is 1020 g/mol. The third kappa shape index (κ3) is 20.5. The van der Waals surface area contributed by atoms with Gasteiger partial charge in [0, 0.05) is 80.2 Å². The van der Waals surface area contributed by atoms with Crippen LogP contribution in [0.2, 0.25) is 0 Å². The van der Waals surface area contributed by atoms with Crippen LogP contribution in [0, 0.1) is 44.0 Å². The molecule has 406 valence electrons. The Bertz CT molecular complexity index is 2820. The van der Waals surface area contributed by atoms with Gasteiger partial charge >= 0.3 is 29.6 Å². The molecule has 5 aromatic rings. The number of carbonyl (C=O) groups excluding carboxylic acids is 4. The van der Waals surface area contributed by atoms with Crippen molar-refractivity contribution < 1.29 is 89.8 Å². The Morgan fingerprint density at radius 1 is 0.566 bits per heavy atom. The van der Waals surface area contributed by atoms with Gasteiger partial charge in [-0.2, -0.15) is 8.42 Å². The second-order valence-corrected chi connectivity index (χ2v) is 20.3. The zero-order valence-corrected chi connectivity index (χ0v) is 47.5. The molecule has 2 aliphatic rings. The number of halogens is 4. The summed E-state index contributed by atoms with van der Waals surface area (Å²) in [6, 6.07) is 23.1. The summed E-state index contributed by atoms with van der Waals surface area (Å²) in [6.07, 6.45) is 3.27. The van der Waals surface area contributed by atoms with Crippen LogP contribution in [0.1, 0.15) is 124 Å². The van der Waals surface area contributed by atoms with Crippen LogP contribution in [0.3, 0.4) is 0 Å². The number of hydrogen-bond acceptors (Lipinski definition) is 9. The number of ether oxygens (including phenoxy) is 2. The van der Waals surface area contributed by atoms with E-state index in [1.165, 1.54) is 29.2 Å². The number of nitrogens with one attached hydrogen (secondary N) is 1. The molecule has 5 aromatic carbocycles. The van der Waals surface area contributed by atoms with Gasteiger partial charge in [-0.3, -0.25) is 23.4 Å². The van der Waals surface area contributed by atoms with Crippen LogP contribution in [-0.4, -0.2) is 111 Å². The second-order valence-electron chi connectivity index (χ2n) is 18.6. The summed E-state index contributed by atoms with van der Waals surface area (Å²) in [5.41, 5.74) is 4.93. The van der Waals surface area contributed by atoms with Gasteiger partial charge < -0.3 is 30.9 Å². The van der Waals surface area contributed by atoms with E-state index in [1.807, 2.05) is 48.5 Å². The van der Waals surface area contributed by atoms with Crippen LogP contribution in [-0.2, 0) is 36.9 Å². The predicted octanol–water partition coefficient (Wildman–Crippen LogP) is 7.26. The van der Waals surface area contributed by atoms with Crippen molar-refractivity contribution in [3.63, 3.8) is 0 Å². The summed E-state index contributed by atoms with van der Waals surface area (Å²) in [5, 5.41) is 2.65. The maximum atomic E-state index is 13.7. The topological polar surface area (TPSA) is 158 Å². The molecule has 13 nitrogen and oxygen atoms in total. The maximum Gasteiger partial charge on any atom is 1.00 e. The van der Waals surface area contributed by atoms with Gasteiger partial charge in [0.25, 0.3) is 33.7 Å². The Morgan fingerprint density at radius 3 is 1.38 bits per heavy atom. The molecule has 0 aliphatic carbocycles. The molecule has 1 unspecified atom stereocenters. The number of epoxide rings is 2. The average Bonchev–Trinajstić information content (AvgIpc) is 4.31. The van der Waals surface area contributed by atoms with Crippen LogP contribution < -0.4 is 34.9 Å². The zero-order chi connectivity index (χ0) is 54.8. The number of carbonyl (C=O) groups is 4. The fourth-order valence-corrected chi connectivity index (χ4v) is 8.92. The Balaban J connectivity index is 0.000000317. The van der Waals surface area contributed by atoms with Gasteiger partial charge in [-0.1, -0.05) is 45.4 Å². The molecule has 0 spiro atoms. The van der Waals surface area contributed by atoms with Gasteiger partial charge in [0.1, 0.15) is 29.4 Å². The summed E-state index contributed by atoms with van der Waals surface area (Å²) >= 11 is 0. The summed E-state index contributed by atoms with van der Waals surface area (Å²) in [4.78, 5) is 57.1. The molecule has 2 saturated heterocycles. The van der Waals surface area contributed by atoms with E-state index in [9.17, 15) is 45.2 Å². The molecule has 0 radical (unpaired) electrons. The molecular formula is C57H69F4N4NaO9S. The van der Waals surface area contributed by atoms with Crippen molar-refractivity contribution in [1.82, 2.24) is 20.0 Å². The van der Waals surface area contributed by atoms with Crippen LogP contribution in [0.25, 0.3) is 0 Å². The van der Waals surface area contributed by atoms with Crippen molar-refractivity contribution >= 4 is 33.7 Å². The van der Waals surface area contributed by atoms with Crippen LogP contribution in [0.15, 0.2) is 102 Å². The van der Waals surface area contributed by atoms with E-state index in [2.05, 4.69) is 5.32 Å². The summed E-state index contributed by atoms with van der Waals surface area (Å²) in [7, 11) is -3.61. The third-order valence-corrected chi connectivity index (χ3v) is 12.9. The Morgan fingerprint density at radius 2 is 0.961 bits per heavy atom. The predicted molar refractivity (Wildman–Crippen MR) is 279 cm³/mol. The number of hydrogen-bond donors (Lipinski definition) is 1. The van der Waals surface area contributed by atoms with Crippen LogP contribution >= 0.6 is 0 Å². The van der Waals surface area contributed by atoms with Gasteiger partial charge in [0.15, 0.2) is 0 Å². The maximum absolute atomic E-state index is 13.7. The normalized spacial score (nSPS) is 14.1. The number of nitrogens with zero attached hydrogens (tertiary/aromatic N) is 3. The van der Waals surface area contributed by atoms with E-state index in [4.69, 9.17) is 13.7 Å². The SMILES string of the molecule is CCCN(CCC)C(=O)c1cc(C)cc(C(=O)N(Cc2cc(F)cc(F)c2)C[C@H]2CO2)c1.CCCN(CCC)C(=O)c1cc(C)cc(C(=O)NCc2cc(F)cc(F)c2)c1.Cc1ccc(S(=O)(=O)OCC2CO2)cc1.[H-].[Na+]. The van der Waals surface area contributed by atoms with Gasteiger partial charge in [0.2, 0.25) is 0 Å². The van der Waals surface area contributed by atoms with Crippen molar-refractivity contribution in [3.8, 4) is 0 Å². The number of rotatable bonds is 22. The van der Waals surface area contributed by atoms with E-state index in [0.29, 0.717) is 79.3 Å². The number of benzene rings is 5. The first-order chi connectivity index (χ1) is 35.7. The molecule has 4 amide bonds. The molecule has 2 atom stereocenters. The van der Waals surface area contributed by atoms with Crippen molar-refractivity contribution in [2.45, 2.75) is 104 Å². The molecule has 19 heteroatoms. The molecule has 2 fully saturated rings. The van der Waals surface area contributed by atoms with Crippen molar-refractivity contribution in [2.24, 2.45) is 0 Å². The summed E-state index contributed by atoms with van der Waals surface area (Å²) in [6.45, 7) is 17.8. The quantitative estimate of drug-likeness (QED) is 0.0326.